The Morgan fingerprint density at radius 2 is 2.00 bits per heavy atom. The first-order valence-electron chi connectivity index (χ1n) is 9.00. The first-order chi connectivity index (χ1) is 12.0. The summed E-state index contributed by atoms with van der Waals surface area (Å²) in [6.07, 6.45) is 5.46. The summed E-state index contributed by atoms with van der Waals surface area (Å²) in [6, 6.07) is 10.2. The molecule has 132 valence electrons. The lowest BCUT2D eigenvalue weighted by Gasteiger charge is -2.30. The van der Waals surface area contributed by atoms with E-state index in [9.17, 15) is 4.79 Å². The second-order valence-corrected chi connectivity index (χ2v) is 7.17. The molecule has 0 radical (unpaired) electrons. The van der Waals surface area contributed by atoms with Gasteiger partial charge in [-0.2, -0.15) is 0 Å². The van der Waals surface area contributed by atoms with Gasteiger partial charge in [-0.3, -0.25) is 9.78 Å². The average Bonchev–Trinajstić information content (AvgIpc) is 2.61. The molecule has 1 aromatic carbocycles. The highest BCUT2D eigenvalue weighted by atomic mass is 16.1. The van der Waals surface area contributed by atoms with Crippen molar-refractivity contribution in [2.75, 3.05) is 20.1 Å². The molecular formula is C21H27N3O. The molecule has 2 heterocycles. The number of pyridine rings is 1. The summed E-state index contributed by atoms with van der Waals surface area (Å²) in [7, 11) is 2.11. The van der Waals surface area contributed by atoms with Gasteiger partial charge in [-0.1, -0.05) is 29.8 Å². The summed E-state index contributed by atoms with van der Waals surface area (Å²) in [5, 5.41) is 3.30. The van der Waals surface area contributed by atoms with Gasteiger partial charge in [0.2, 0.25) is 5.91 Å². The normalized spacial score (nSPS) is 17.2. The number of carbonyl (C=O) groups is 1. The summed E-state index contributed by atoms with van der Waals surface area (Å²) in [5.74, 6) is 0.253. The molecule has 4 heteroatoms. The monoisotopic (exact) mass is 337 g/mol. The Morgan fingerprint density at radius 1 is 1.24 bits per heavy atom. The average molecular weight is 337 g/mol. The van der Waals surface area contributed by atoms with Crippen LogP contribution in [0, 0.1) is 19.8 Å². The van der Waals surface area contributed by atoms with E-state index in [1.54, 1.807) is 6.20 Å². The maximum atomic E-state index is 12.9. The molecule has 25 heavy (non-hydrogen) atoms. The molecule has 1 aliphatic rings. The molecule has 0 saturated carbocycles. The standard InChI is InChI=1S/C21H27N3O/c1-15-6-7-19(16(2)13-15)20(18-5-4-10-22-14-18)23-21(25)17-8-11-24(3)12-9-17/h4-7,10,13-14,17,20H,8-9,11-12H2,1-3H3,(H,23,25)/t20-/m0/s1. The molecule has 4 nitrogen and oxygen atoms in total. The summed E-state index contributed by atoms with van der Waals surface area (Å²) < 4.78 is 0. The van der Waals surface area contributed by atoms with Gasteiger partial charge in [0.15, 0.2) is 0 Å². The lowest BCUT2D eigenvalue weighted by atomic mass is 9.92. The van der Waals surface area contributed by atoms with Crippen LogP contribution in [0.3, 0.4) is 0 Å². The van der Waals surface area contributed by atoms with Gasteiger partial charge in [-0.05, 0) is 69.6 Å². The number of nitrogens with one attached hydrogen (secondary N) is 1. The minimum absolute atomic E-state index is 0.0983. The predicted molar refractivity (Wildman–Crippen MR) is 100 cm³/mol. The van der Waals surface area contributed by atoms with E-state index in [1.807, 2.05) is 18.3 Å². The van der Waals surface area contributed by atoms with Crippen LogP contribution in [0.1, 0.15) is 41.1 Å². The van der Waals surface area contributed by atoms with Crippen molar-refractivity contribution in [3.63, 3.8) is 0 Å². The Balaban J connectivity index is 1.85. The van der Waals surface area contributed by atoms with Gasteiger partial charge in [0.05, 0.1) is 6.04 Å². The van der Waals surface area contributed by atoms with Crippen molar-refractivity contribution in [3.05, 3.63) is 65.0 Å². The molecule has 0 unspecified atom stereocenters. The smallest absolute Gasteiger partial charge is 0.223 e. The Morgan fingerprint density at radius 3 is 2.64 bits per heavy atom. The second-order valence-electron chi connectivity index (χ2n) is 7.17. The summed E-state index contributed by atoms with van der Waals surface area (Å²) >= 11 is 0. The van der Waals surface area contributed by atoms with E-state index in [-0.39, 0.29) is 17.9 Å². The SMILES string of the molecule is Cc1ccc([C@@H](NC(=O)C2CCN(C)CC2)c2cccnc2)c(C)c1. The number of hydrogen-bond acceptors (Lipinski definition) is 3. The van der Waals surface area contributed by atoms with E-state index in [2.05, 4.69) is 54.3 Å². The van der Waals surface area contributed by atoms with Crippen LogP contribution >= 0.6 is 0 Å². The maximum absolute atomic E-state index is 12.9. The van der Waals surface area contributed by atoms with Gasteiger partial charge in [0, 0.05) is 18.3 Å². The zero-order valence-corrected chi connectivity index (χ0v) is 15.3. The summed E-state index contributed by atoms with van der Waals surface area (Å²) in [4.78, 5) is 19.4. The lowest BCUT2D eigenvalue weighted by Crippen LogP contribution is -2.40. The minimum Gasteiger partial charge on any atom is -0.345 e. The topological polar surface area (TPSA) is 45.2 Å². The second kappa shape index (κ2) is 7.79. The van der Waals surface area contributed by atoms with Crippen molar-refractivity contribution in [3.8, 4) is 0 Å². The van der Waals surface area contributed by atoms with Crippen LogP contribution in [-0.4, -0.2) is 35.9 Å². The van der Waals surface area contributed by atoms with Crippen molar-refractivity contribution in [2.24, 2.45) is 5.92 Å². The Hall–Kier alpha value is -2.20. The van der Waals surface area contributed by atoms with Crippen LogP contribution in [0.15, 0.2) is 42.7 Å². The van der Waals surface area contributed by atoms with E-state index < -0.39 is 0 Å². The Bertz CT molecular complexity index is 721. The van der Waals surface area contributed by atoms with Crippen molar-refractivity contribution >= 4 is 5.91 Å². The molecule has 0 aliphatic carbocycles. The molecule has 3 rings (SSSR count). The van der Waals surface area contributed by atoms with Crippen molar-refractivity contribution in [1.29, 1.82) is 0 Å². The molecule has 1 aromatic heterocycles. The molecule has 1 aliphatic heterocycles. The van der Waals surface area contributed by atoms with E-state index in [4.69, 9.17) is 0 Å². The zero-order chi connectivity index (χ0) is 17.8. The third kappa shape index (κ3) is 4.26. The summed E-state index contributed by atoms with van der Waals surface area (Å²) in [5.41, 5.74) is 4.58. The van der Waals surface area contributed by atoms with E-state index in [0.29, 0.717) is 0 Å². The minimum atomic E-state index is -0.151. The number of likely N-dealkylation sites (tertiary alicyclic amines) is 1. The first kappa shape index (κ1) is 17.6. The van der Waals surface area contributed by atoms with Crippen LogP contribution in [0.4, 0.5) is 0 Å². The number of aromatic nitrogens is 1. The molecule has 1 N–H and O–H groups in total. The third-order valence-corrected chi connectivity index (χ3v) is 5.13. The van der Waals surface area contributed by atoms with Crippen LogP contribution in [0.5, 0.6) is 0 Å². The van der Waals surface area contributed by atoms with Gasteiger partial charge in [0.25, 0.3) is 0 Å². The highest BCUT2D eigenvalue weighted by Crippen LogP contribution is 2.27. The van der Waals surface area contributed by atoms with Crippen LogP contribution in [0.2, 0.25) is 0 Å². The van der Waals surface area contributed by atoms with Crippen molar-refractivity contribution in [2.45, 2.75) is 32.7 Å². The molecule has 0 bridgehead atoms. The quantitative estimate of drug-likeness (QED) is 0.931. The van der Waals surface area contributed by atoms with Gasteiger partial charge in [0.1, 0.15) is 0 Å². The molecule has 1 atom stereocenters. The number of benzene rings is 1. The molecule has 2 aromatic rings. The molecule has 1 fully saturated rings. The van der Waals surface area contributed by atoms with Crippen LogP contribution in [0.25, 0.3) is 0 Å². The van der Waals surface area contributed by atoms with Crippen LogP contribution in [-0.2, 0) is 4.79 Å². The third-order valence-electron chi connectivity index (χ3n) is 5.13. The Kier molecular flexibility index (Phi) is 5.49. The molecule has 1 saturated heterocycles. The number of aryl methyl sites for hydroxylation is 2. The number of piperidine rings is 1. The maximum Gasteiger partial charge on any atom is 0.223 e. The van der Waals surface area contributed by atoms with Gasteiger partial charge < -0.3 is 10.2 Å². The fourth-order valence-electron chi connectivity index (χ4n) is 3.57. The lowest BCUT2D eigenvalue weighted by molar-refractivity contribution is -0.126. The van der Waals surface area contributed by atoms with E-state index >= 15 is 0 Å². The Labute approximate surface area is 150 Å². The fourth-order valence-corrected chi connectivity index (χ4v) is 3.57. The van der Waals surface area contributed by atoms with E-state index in [0.717, 1.165) is 37.1 Å². The largest absolute Gasteiger partial charge is 0.345 e. The van der Waals surface area contributed by atoms with E-state index in [1.165, 1.54) is 11.1 Å². The molecule has 1 amide bonds. The van der Waals surface area contributed by atoms with Gasteiger partial charge >= 0.3 is 0 Å². The fraction of sp³-hybridized carbons (Fsp3) is 0.429. The number of nitrogens with zero attached hydrogens (tertiary/aromatic N) is 2. The zero-order valence-electron chi connectivity index (χ0n) is 15.3. The molecule has 0 spiro atoms. The van der Waals surface area contributed by atoms with Gasteiger partial charge in [-0.15, -0.1) is 0 Å². The van der Waals surface area contributed by atoms with Crippen molar-refractivity contribution < 1.29 is 4.79 Å². The number of carbonyl (C=O) groups excluding carboxylic acids is 1. The van der Waals surface area contributed by atoms with Gasteiger partial charge in [-0.25, -0.2) is 0 Å². The highest BCUT2D eigenvalue weighted by molar-refractivity contribution is 5.79. The number of hydrogen-bond donors (Lipinski definition) is 1. The molecular weight excluding hydrogens is 310 g/mol. The highest BCUT2D eigenvalue weighted by Gasteiger charge is 2.27. The number of rotatable bonds is 4. The first-order valence-corrected chi connectivity index (χ1v) is 9.00. The predicted octanol–water partition coefficient (Wildman–Crippen LogP) is 3.25. The van der Waals surface area contributed by atoms with Crippen molar-refractivity contribution in [1.82, 2.24) is 15.2 Å². The summed E-state index contributed by atoms with van der Waals surface area (Å²) in [6.45, 7) is 6.17. The number of amides is 1. The van der Waals surface area contributed by atoms with Crippen LogP contribution < -0.4 is 5.32 Å².